The summed E-state index contributed by atoms with van der Waals surface area (Å²) in [5, 5.41) is 16.1. The van der Waals surface area contributed by atoms with Gasteiger partial charge in [-0.2, -0.15) is 0 Å². The van der Waals surface area contributed by atoms with E-state index in [2.05, 4.69) is 10.6 Å². The molecule has 3 rings (SSSR count). The van der Waals surface area contributed by atoms with Gasteiger partial charge in [0.05, 0.1) is 16.2 Å². The lowest BCUT2D eigenvalue weighted by Crippen LogP contribution is -2.38. The van der Waals surface area contributed by atoms with Gasteiger partial charge in [-0.05, 0) is 52.4 Å². The fraction of sp³-hybridized carbons (Fsp3) is 0.133. The van der Waals surface area contributed by atoms with Gasteiger partial charge >= 0.3 is 0 Å². The Morgan fingerprint density at radius 1 is 1.24 bits per heavy atom. The monoisotopic (exact) mass is 396 g/mol. The Balaban J connectivity index is 2.00. The van der Waals surface area contributed by atoms with Crippen molar-refractivity contribution in [2.24, 2.45) is 0 Å². The second kappa shape index (κ2) is 5.44. The zero-order valence-electron chi connectivity index (χ0n) is 11.2. The van der Waals surface area contributed by atoms with Crippen molar-refractivity contribution in [2.45, 2.75) is 6.17 Å². The number of hydrogen-bond donors (Lipinski definition) is 3. The smallest absolute Gasteiger partial charge is 0.255 e. The molecule has 6 heteroatoms. The van der Waals surface area contributed by atoms with Gasteiger partial charge in [-0.1, -0.05) is 12.1 Å². The summed E-state index contributed by atoms with van der Waals surface area (Å²) >= 11 is 2.03. The number of anilines is 1. The quantitative estimate of drug-likeness (QED) is 0.683. The number of rotatable bonds is 2. The number of benzene rings is 2. The number of carbonyl (C=O) groups is 1. The van der Waals surface area contributed by atoms with E-state index in [1.165, 1.54) is 7.11 Å². The topological polar surface area (TPSA) is 70.6 Å². The molecule has 1 aliphatic heterocycles. The van der Waals surface area contributed by atoms with Crippen LogP contribution in [0.15, 0.2) is 36.4 Å². The van der Waals surface area contributed by atoms with Crippen molar-refractivity contribution < 1.29 is 14.6 Å². The van der Waals surface area contributed by atoms with Gasteiger partial charge in [0, 0.05) is 5.69 Å². The summed E-state index contributed by atoms with van der Waals surface area (Å²) in [6.07, 6.45) is -0.365. The van der Waals surface area contributed by atoms with Crippen LogP contribution in [0.1, 0.15) is 22.1 Å². The molecule has 0 unspecified atom stereocenters. The van der Waals surface area contributed by atoms with Crippen molar-refractivity contribution in [3.05, 3.63) is 51.1 Å². The Labute approximate surface area is 135 Å². The number of phenols is 1. The maximum atomic E-state index is 12.1. The van der Waals surface area contributed by atoms with Gasteiger partial charge in [-0.25, -0.2) is 0 Å². The number of aromatic hydroxyl groups is 1. The first-order valence-electron chi connectivity index (χ1n) is 6.33. The van der Waals surface area contributed by atoms with Crippen molar-refractivity contribution in [3.8, 4) is 11.5 Å². The first-order chi connectivity index (χ1) is 10.1. The Morgan fingerprint density at radius 3 is 2.76 bits per heavy atom. The molecule has 0 aromatic heterocycles. The maximum absolute atomic E-state index is 12.1. The zero-order chi connectivity index (χ0) is 15.0. The largest absolute Gasteiger partial charge is 0.504 e. The third-order valence-corrected chi connectivity index (χ3v) is 4.17. The molecule has 1 aliphatic rings. The number of carbonyl (C=O) groups excluding carboxylic acids is 1. The number of phenolic OH excluding ortho intramolecular Hbond substituents is 1. The molecular formula is C15H13IN2O3. The first kappa shape index (κ1) is 14.0. The molecular weight excluding hydrogens is 383 g/mol. The van der Waals surface area contributed by atoms with E-state index in [-0.39, 0.29) is 17.8 Å². The minimum absolute atomic E-state index is 0.101. The standard InChI is InChI=1S/C15H13IN2O3/c1-21-12-7-8(6-10(16)13(12)19)14-17-11-5-3-2-4-9(11)15(20)18-14/h2-7,14,17,19H,1H3,(H,18,20)/t14-/m1/s1. The summed E-state index contributed by atoms with van der Waals surface area (Å²) in [6.45, 7) is 0. The number of halogens is 1. The average Bonchev–Trinajstić information content (AvgIpc) is 2.50. The number of fused-ring (bicyclic) bond motifs is 1. The Bertz CT molecular complexity index is 718. The van der Waals surface area contributed by atoms with Crippen LogP contribution in [-0.2, 0) is 0 Å². The SMILES string of the molecule is COc1cc([C@H]2NC(=O)c3ccccc3N2)cc(I)c1O. The molecule has 3 N–H and O–H groups in total. The number of hydrogen-bond acceptors (Lipinski definition) is 4. The van der Waals surface area contributed by atoms with Crippen molar-refractivity contribution in [3.63, 3.8) is 0 Å². The molecule has 0 radical (unpaired) electrons. The van der Waals surface area contributed by atoms with E-state index >= 15 is 0 Å². The molecule has 21 heavy (non-hydrogen) atoms. The lowest BCUT2D eigenvalue weighted by molar-refractivity contribution is 0.0935. The number of para-hydroxylation sites is 1. The molecule has 2 aromatic carbocycles. The summed E-state index contributed by atoms with van der Waals surface area (Å²) in [4.78, 5) is 12.1. The summed E-state index contributed by atoms with van der Waals surface area (Å²) in [7, 11) is 1.50. The van der Waals surface area contributed by atoms with Gasteiger partial charge in [0.25, 0.3) is 5.91 Å². The Hall–Kier alpha value is -1.96. The lowest BCUT2D eigenvalue weighted by atomic mass is 10.1. The van der Waals surface area contributed by atoms with Crippen LogP contribution in [0.4, 0.5) is 5.69 Å². The van der Waals surface area contributed by atoms with Crippen LogP contribution in [-0.4, -0.2) is 18.1 Å². The molecule has 1 heterocycles. The average molecular weight is 396 g/mol. The van der Waals surface area contributed by atoms with E-state index < -0.39 is 0 Å². The summed E-state index contributed by atoms with van der Waals surface area (Å²) in [6, 6.07) is 10.9. The van der Waals surface area contributed by atoms with Gasteiger partial charge in [-0.15, -0.1) is 0 Å². The number of ether oxygens (including phenoxy) is 1. The van der Waals surface area contributed by atoms with Crippen molar-refractivity contribution in [1.82, 2.24) is 5.32 Å². The molecule has 1 amide bonds. The normalized spacial score (nSPS) is 16.7. The Morgan fingerprint density at radius 2 is 2.00 bits per heavy atom. The fourth-order valence-electron chi connectivity index (χ4n) is 2.29. The minimum atomic E-state index is -0.365. The van der Waals surface area contributed by atoms with Crippen LogP contribution in [0.2, 0.25) is 0 Å². The van der Waals surface area contributed by atoms with Crippen LogP contribution in [0.5, 0.6) is 11.5 Å². The molecule has 0 bridgehead atoms. The van der Waals surface area contributed by atoms with E-state index in [9.17, 15) is 9.90 Å². The van der Waals surface area contributed by atoms with Crippen LogP contribution in [0.3, 0.4) is 0 Å². The number of nitrogens with one attached hydrogen (secondary N) is 2. The highest BCUT2D eigenvalue weighted by atomic mass is 127. The molecule has 108 valence electrons. The molecule has 0 saturated heterocycles. The van der Waals surface area contributed by atoms with Gasteiger partial charge in [0.15, 0.2) is 11.5 Å². The highest BCUT2D eigenvalue weighted by Gasteiger charge is 2.25. The highest BCUT2D eigenvalue weighted by Crippen LogP contribution is 2.35. The van der Waals surface area contributed by atoms with Crippen LogP contribution in [0.25, 0.3) is 0 Å². The third-order valence-electron chi connectivity index (χ3n) is 3.35. The molecule has 0 aliphatic carbocycles. The molecule has 2 aromatic rings. The van der Waals surface area contributed by atoms with Crippen LogP contribution in [0, 0.1) is 3.57 Å². The summed E-state index contributed by atoms with van der Waals surface area (Å²) in [5.41, 5.74) is 2.22. The second-order valence-corrected chi connectivity index (χ2v) is 5.81. The van der Waals surface area contributed by atoms with E-state index in [4.69, 9.17) is 4.74 Å². The number of amides is 1. The predicted molar refractivity (Wildman–Crippen MR) is 87.6 cm³/mol. The van der Waals surface area contributed by atoms with Gasteiger partial charge in [0.2, 0.25) is 0 Å². The Kier molecular flexibility index (Phi) is 3.62. The molecule has 5 nitrogen and oxygen atoms in total. The van der Waals surface area contributed by atoms with E-state index in [1.807, 2.05) is 46.9 Å². The predicted octanol–water partition coefficient (Wildman–Crippen LogP) is 2.86. The van der Waals surface area contributed by atoms with E-state index in [0.29, 0.717) is 14.9 Å². The first-order valence-corrected chi connectivity index (χ1v) is 7.41. The van der Waals surface area contributed by atoms with E-state index in [1.54, 1.807) is 12.1 Å². The van der Waals surface area contributed by atoms with E-state index in [0.717, 1.165) is 11.3 Å². The number of methoxy groups -OCH3 is 1. The lowest BCUT2D eigenvalue weighted by Gasteiger charge is -2.28. The van der Waals surface area contributed by atoms with Crippen molar-refractivity contribution >= 4 is 34.2 Å². The van der Waals surface area contributed by atoms with Crippen LogP contribution >= 0.6 is 22.6 Å². The minimum Gasteiger partial charge on any atom is -0.504 e. The second-order valence-electron chi connectivity index (χ2n) is 4.65. The van der Waals surface area contributed by atoms with Gasteiger partial charge in [-0.3, -0.25) is 4.79 Å². The molecule has 1 atom stereocenters. The molecule has 0 saturated carbocycles. The summed E-state index contributed by atoms with van der Waals surface area (Å²) in [5.74, 6) is 0.354. The third kappa shape index (κ3) is 2.51. The van der Waals surface area contributed by atoms with Gasteiger partial charge < -0.3 is 20.5 Å². The van der Waals surface area contributed by atoms with Crippen molar-refractivity contribution in [2.75, 3.05) is 12.4 Å². The molecule has 0 fully saturated rings. The summed E-state index contributed by atoms with van der Waals surface area (Å²) < 4.78 is 5.82. The maximum Gasteiger partial charge on any atom is 0.255 e. The van der Waals surface area contributed by atoms with Gasteiger partial charge in [0.1, 0.15) is 6.17 Å². The molecule has 0 spiro atoms. The van der Waals surface area contributed by atoms with Crippen molar-refractivity contribution in [1.29, 1.82) is 0 Å². The highest BCUT2D eigenvalue weighted by molar-refractivity contribution is 14.1. The fourth-order valence-corrected chi connectivity index (χ4v) is 2.92. The van der Waals surface area contributed by atoms with Crippen LogP contribution < -0.4 is 15.4 Å². The zero-order valence-corrected chi connectivity index (χ0v) is 13.3.